The van der Waals surface area contributed by atoms with E-state index in [1.165, 1.54) is 13.0 Å². The largest absolute Gasteiger partial charge is 0.393 e. The molecule has 0 bridgehead atoms. The molecule has 0 unspecified atom stereocenters. The Kier molecular flexibility index (Phi) is 3.30. The molecule has 0 aromatic heterocycles. The van der Waals surface area contributed by atoms with Crippen LogP contribution in [-0.4, -0.2) is 19.1 Å². The highest BCUT2D eigenvalue weighted by Gasteiger charge is 2.30. The van der Waals surface area contributed by atoms with Gasteiger partial charge < -0.3 is 0 Å². The maximum atomic E-state index is 12.2. The molecule has 0 atom stereocenters. The lowest BCUT2D eigenvalue weighted by Crippen LogP contribution is -2.15. The zero-order valence-electron chi connectivity index (χ0n) is 8.25. The summed E-state index contributed by atoms with van der Waals surface area (Å²) >= 11 is 0. The van der Waals surface area contributed by atoms with Crippen molar-refractivity contribution in [3.05, 3.63) is 29.3 Å². The quantitative estimate of drug-likeness (QED) is 0.824. The molecule has 1 rings (SSSR count). The predicted octanol–water partition coefficient (Wildman–Crippen LogP) is 2.35. The molecule has 3 nitrogen and oxygen atoms in total. The molecule has 0 saturated carbocycles. The van der Waals surface area contributed by atoms with E-state index in [1.54, 1.807) is 0 Å². The number of rotatable bonds is 2. The van der Waals surface area contributed by atoms with E-state index in [2.05, 4.69) is 0 Å². The minimum absolute atomic E-state index is 0.449. The molecule has 0 radical (unpaired) electrons. The first kappa shape index (κ1) is 13.0. The molecular weight excluding hydrogens is 245 g/mol. The molecule has 0 aliphatic carbocycles. The summed E-state index contributed by atoms with van der Waals surface area (Å²) < 4.78 is 66.9. The number of hydrogen-bond donors (Lipinski definition) is 1. The van der Waals surface area contributed by atoms with Gasteiger partial charge in [0.1, 0.15) is 0 Å². The van der Waals surface area contributed by atoms with Crippen molar-refractivity contribution in [2.24, 2.45) is 0 Å². The Labute approximate surface area is 90.7 Å². The molecule has 0 fully saturated rings. The Morgan fingerprint density at radius 3 is 2.31 bits per heavy atom. The van der Waals surface area contributed by atoms with Crippen molar-refractivity contribution in [2.45, 2.75) is 24.4 Å². The second-order valence-electron chi connectivity index (χ2n) is 3.38. The molecule has 0 aliphatic rings. The average Bonchev–Trinajstić information content (AvgIpc) is 1.97. The van der Waals surface area contributed by atoms with Gasteiger partial charge in [0.05, 0.1) is 11.3 Å². The van der Waals surface area contributed by atoms with E-state index in [0.717, 1.165) is 12.1 Å². The fourth-order valence-corrected chi connectivity index (χ4v) is 2.02. The first-order chi connectivity index (χ1) is 7.09. The number of hydrogen-bond acceptors (Lipinski definition) is 2. The van der Waals surface area contributed by atoms with Crippen LogP contribution in [0.5, 0.6) is 0 Å². The van der Waals surface area contributed by atoms with E-state index < -0.39 is 33.2 Å². The monoisotopic (exact) mass is 254 g/mol. The van der Waals surface area contributed by atoms with E-state index in [0.29, 0.717) is 5.56 Å². The van der Waals surface area contributed by atoms with Crippen LogP contribution in [0.25, 0.3) is 0 Å². The maximum absolute atomic E-state index is 12.2. The number of halogens is 3. The molecule has 0 amide bonds. The molecule has 90 valence electrons. The van der Waals surface area contributed by atoms with E-state index in [4.69, 9.17) is 4.55 Å². The van der Waals surface area contributed by atoms with Crippen LogP contribution in [0.15, 0.2) is 23.1 Å². The van der Waals surface area contributed by atoms with Crippen LogP contribution in [0.1, 0.15) is 11.1 Å². The molecule has 1 aromatic rings. The van der Waals surface area contributed by atoms with Gasteiger partial charge in [-0.25, -0.2) is 0 Å². The molecule has 0 aliphatic heterocycles. The summed E-state index contributed by atoms with van der Waals surface area (Å²) in [5.41, 5.74) is 0.0432. The third-order valence-electron chi connectivity index (χ3n) is 1.88. The van der Waals surface area contributed by atoms with Crippen LogP contribution in [-0.2, 0) is 16.5 Å². The van der Waals surface area contributed by atoms with E-state index >= 15 is 0 Å². The number of benzene rings is 1. The van der Waals surface area contributed by atoms with Crippen molar-refractivity contribution in [3.8, 4) is 0 Å². The first-order valence-electron chi connectivity index (χ1n) is 4.23. The lowest BCUT2D eigenvalue weighted by atomic mass is 10.1. The topological polar surface area (TPSA) is 54.4 Å². The molecule has 0 heterocycles. The second-order valence-corrected chi connectivity index (χ2v) is 4.77. The van der Waals surface area contributed by atoms with Crippen molar-refractivity contribution in [3.63, 3.8) is 0 Å². The standard InChI is InChI=1S/C9H9F3O3S/c1-6-2-3-8(16(13,14)15)7(4-6)5-9(10,11)12/h2-4H,5H2,1H3,(H,13,14,15). The number of aryl methyl sites for hydroxylation is 1. The zero-order valence-corrected chi connectivity index (χ0v) is 9.06. The fourth-order valence-electron chi connectivity index (χ4n) is 1.31. The Hall–Kier alpha value is -1.08. The van der Waals surface area contributed by atoms with Gasteiger partial charge >= 0.3 is 6.18 Å². The lowest BCUT2D eigenvalue weighted by Gasteiger charge is -2.10. The van der Waals surface area contributed by atoms with Gasteiger partial charge in [-0.2, -0.15) is 21.6 Å². The Balaban J connectivity index is 3.30. The molecule has 1 N–H and O–H groups in total. The molecule has 16 heavy (non-hydrogen) atoms. The highest BCUT2D eigenvalue weighted by Crippen LogP contribution is 2.26. The Morgan fingerprint density at radius 1 is 1.31 bits per heavy atom. The average molecular weight is 254 g/mol. The number of alkyl halides is 3. The third kappa shape index (κ3) is 3.49. The van der Waals surface area contributed by atoms with E-state index in [9.17, 15) is 21.6 Å². The molecular formula is C9H9F3O3S. The van der Waals surface area contributed by atoms with Crippen molar-refractivity contribution >= 4 is 10.1 Å². The van der Waals surface area contributed by atoms with Crippen LogP contribution >= 0.6 is 0 Å². The van der Waals surface area contributed by atoms with E-state index in [-0.39, 0.29) is 0 Å². The molecule has 0 saturated heterocycles. The Bertz CT molecular complexity index is 491. The minimum atomic E-state index is -4.62. The van der Waals surface area contributed by atoms with Gasteiger partial charge in [0.2, 0.25) is 0 Å². The maximum Gasteiger partial charge on any atom is 0.393 e. The van der Waals surface area contributed by atoms with Crippen LogP contribution in [0, 0.1) is 6.92 Å². The third-order valence-corrected chi connectivity index (χ3v) is 2.84. The molecule has 7 heteroatoms. The minimum Gasteiger partial charge on any atom is -0.282 e. The summed E-state index contributed by atoms with van der Waals surface area (Å²) in [4.78, 5) is -0.699. The van der Waals surface area contributed by atoms with Gasteiger partial charge in [0.15, 0.2) is 0 Å². The highest BCUT2D eigenvalue weighted by molar-refractivity contribution is 7.85. The first-order valence-corrected chi connectivity index (χ1v) is 5.67. The van der Waals surface area contributed by atoms with Crippen LogP contribution < -0.4 is 0 Å². The van der Waals surface area contributed by atoms with Gasteiger partial charge in [0, 0.05) is 0 Å². The predicted molar refractivity (Wildman–Crippen MR) is 50.8 cm³/mol. The summed E-state index contributed by atoms with van der Waals surface area (Å²) in [5.74, 6) is 0. The Morgan fingerprint density at radius 2 is 1.88 bits per heavy atom. The molecule has 1 aromatic carbocycles. The lowest BCUT2D eigenvalue weighted by molar-refractivity contribution is -0.127. The van der Waals surface area contributed by atoms with E-state index in [1.807, 2.05) is 0 Å². The van der Waals surface area contributed by atoms with Crippen molar-refractivity contribution in [2.75, 3.05) is 0 Å². The van der Waals surface area contributed by atoms with Crippen molar-refractivity contribution in [1.29, 1.82) is 0 Å². The van der Waals surface area contributed by atoms with Gasteiger partial charge in [0.25, 0.3) is 10.1 Å². The van der Waals surface area contributed by atoms with Gasteiger partial charge in [-0.15, -0.1) is 0 Å². The smallest absolute Gasteiger partial charge is 0.282 e. The summed E-state index contributed by atoms with van der Waals surface area (Å²) in [6.07, 6.45) is -5.91. The van der Waals surface area contributed by atoms with Crippen LogP contribution in [0.3, 0.4) is 0 Å². The normalized spacial score (nSPS) is 12.8. The van der Waals surface area contributed by atoms with Crippen molar-refractivity contribution < 1.29 is 26.1 Å². The molecule has 0 spiro atoms. The summed E-state index contributed by atoms with van der Waals surface area (Å²) in [5, 5.41) is 0. The summed E-state index contributed by atoms with van der Waals surface area (Å²) in [6, 6.07) is 3.38. The summed E-state index contributed by atoms with van der Waals surface area (Å²) in [7, 11) is -4.62. The van der Waals surface area contributed by atoms with Gasteiger partial charge in [-0.05, 0) is 18.6 Å². The fraction of sp³-hybridized carbons (Fsp3) is 0.333. The van der Waals surface area contributed by atoms with Crippen LogP contribution in [0.2, 0.25) is 0 Å². The van der Waals surface area contributed by atoms with Gasteiger partial charge in [-0.3, -0.25) is 4.55 Å². The zero-order chi connectivity index (χ0) is 12.6. The summed E-state index contributed by atoms with van der Waals surface area (Å²) in [6.45, 7) is 1.54. The SMILES string of the molecule is Cc1ccc(S(=O)(=O)O)c(CC(F)(F)F)c1. The van der Waals surface area contributed by atoms with Crippen LogP contribution in [0.4, 0.5) is 13.2 Å². The van der Waals surface area contributed by atoms with Gasteiger partial charge in [-0.1, -0.05) is 17.7 Å². The second kappa shape index (κ2) is 4.06. The van der Waals surface area contributed by atoms with Crippen molar-refractivity contribution in [1.82, 2.24) is 0 Å². The highest BCUT2D eigenvalue weighted by atomic mass is 32.2.